The smallest absolute Gasteiger partial charge is 0.258 e. The molecule has 2 atom stereocenters. The Labute approximate surface area is 157 Å². The standard InChI is InChI=1S/C17H15FN6O2S/c1-9-13(18)11(2-3-19-9)17(25)24-10-6-23-14(12(24)8-26-7-10)21-22-15(23)16-20-4-5-27-16/h2-5,10,12H,6-8H2,1H3/t10-,12-/m1/s1. The molecular formula is C17H15FN6O2S. The molecule has 0 saturated carbocycles. The van der Waals surface area contributed by atoms with Crippen molar-refractivity contribution in [1.82, 2.24) is 29.6 Å². The number of hydrogen-bond donors (Lipinski definition) is 0. The van der Waals surface area contributed by atoms with E-state index in [0.717, 1.165) is 5.01 Å². The Morgan fingerprint density at radius 2 is 2.19 bits per heavy atom. The van der Waals surface area contributed by atoms with Gasteiger partial charge < -0.3 is 14.2 Å². The molecule has 3 aromatic rings. The second kappa shape index (κ2) is 6.17. The molecule has 0 radical (unpaired) electrons. The highest BCUT2D eigenvalue weighted by atomic mass is 32.1. The number of carbonyl (C=O) groups is 1. The quantitative estimate of drug-likeness (QED) is 0.668. The maximum Gasteiger partial charge on any atom is 0.258 e. The van der Waals surface area contributed by atoms with Gasteiger partial charge >= 0.3 is 0 Å². The Kier molecular flexibility index (Phi) is 3.76. The minimum Gasteiger partial charge on any atom is -0.377 e. The Hall–Kier alpha value is -2.72. The van der Waals surface area contributed by atoms with Gasteiger partial charge in [-0.25, -0.2) is 9.37 Å². The molecule has 1 fully saturated rings. The summed E-state index contributed by atoms with van der Waals surface area (Å²) in [5.41, 5.74) is 0.223. The number of aromatic nitrogens is 5. The van der Waals surface area contributed by atoms with Crippen molar-refractivity contribution < 1.29 is 13.9 Å². The lowest BCUT2D eigenvalue weighted by molar-refractivity contribution is -0.0571. The van der Waals surface area contributed by atoms with E-state index >= 15 is 0 Å². The monoisotopic (exact) mass is 386 g/mol. The van der Waals surface area contributed by atoms with Gasteiger partial charge in [-0.05, 0) is 13.0 Å². The van der Waals surface area contributed by atoms with E-state index in [1.165, 1.54) is 23.6 Å². The minimum absolute atomic E-state index is 0.0208. The van der Waals surface area contributed by atoms with Crippen LogP contribution in [-0.4, -0.2) is 54.8 Å². The fraction of sp³-hybridized carbons (Fsp3) is 0.353. The van der Waals surface area contributed by atoms with Crippen molar-refractivity contribution in [3.05, 3.63) is 46.7 Å². The summed E-state index contributed by atoms with van der Waals surface area (Å²) in [6, 6.07) is 0.770. The summed E-state index contributed by atoms with van der Waals surface area (Å²) in [7, 11) is 0. The summed E-state index contributed by atoms with van der Waals surface area (Å²) in [6.45, 7) is 2.70. The van der Waals surface area contributed by atoms with E-state index in [1.807, 2.05) is 9.95 Å². The van der Waals surface area contributed by atoms with Gasteiger partial charge in [0.2, 0.25) is 0 Å². The molecule has 0 spiro atoms. The molecule has 1 amide bonds. The molecule has 138 valence electrons. The van der Waals surface area contributed by atoms with Crippen molar-refractivity contribution >= 4 is 17.2 Å². The zero-order chi connectivity index (χ0) is 18.5. The van der Waals surface area contributed by atoms with Crippen molar-refractivity contribution in [3.63, 3.8) is 0 Å². The second-order valence-electron chi connectivity index (χ2n) is 6.51. The first kappa shape index (κ1) is 16.5. The van der Waals surface area contributed by atoms with Crippen LogP contribution in [0.5, 0.6) is 0 Å². The van der Waals surface area contributed by atoms with Crippen molar-refractivity contribution in [2.75, 3.05) is 13.2 Å². The summed E-state index contributed by atoms with van der Waals surface area (Å²) in [4.78, 5) is 23.1. The normalized spacial score (nSPS) is 21.2. The van der Waals surface area contributed by atoms with Gasteiger partial charge in [0, 0.05) is 24.3 Å². The zero-order valence-corrected chi connectivity index (χ0v) is 15.2. The van der Waals surface area contributed by atoms with E-state index in [9.17, 15) is 9.18 Å². The van der Waals surface area contributed by atoms with Crippen molar-refractivity contribution in [3.8, 4) is 10.8 Å². The van der Waals surface area contributed by atoms with Gasteiger partial charge in [0.1, 0.15) is 6.04 Å². The average molecular weight is 386 g/mol. The number of ether oxygens (including phenoxy) is 1. The molecule has 0 aliphatic carbocycles. The number of carbonyl (C=O) groups excluding carboxylic acids is 1. The van der Waals surface area contributed by atoms with Gasteiger partial charge in [0.15, 0.2) is 22.5 Å². The van der Waals surface area contributed by atoms with Gasteiger partial charge in [-0.15, -0.1) is 21.5 Å². The lowest BCUT2D eigenvalue weighted by Crippen LogP contribution is -2.56. The molecule has 8 nitrogen and oxygen atoms in total. The number of morpholine rings is 1. The highest BCUT2D eigenvalue weighted by Gasteiger charge is 2.44. The predicted molar refractivity (Wildman–Crippen MR) is 93.6 cm³/mol. The van der Waals surface area contributed by atoms with Gasteiger partial charge in [-0.1, -0.05) is 0 Å². The second-order valence-corrected chi connectivity index (χ2v) is 7.40. The summed E-state index contributed by atoms with van der Waals surface area (Å²) >= 11 is 1.49. The lowest BCUT2D eigenvalue weighted by atomic mass is 10.0. The fourth-order valence-corrected chi connectivity index (χ4v) is 4.30. The number of fused-ring (bicyclic) bond motifs is 4. The van der Waals surface area contributed by atoms with Crippen LogP contribution in [-0.2, 0) is 11.3 Å². The first-order valence-electron chi connectivity index (χ1n) is 8.49. The third kappa shape index (κ3) is 2.47. The van der Waals surface area contributed by atoms with Gasteiger partial charge in [0.25, 0.3) is 5.91 Å². The van der Waals surface area contributed by atoms with Crippen LogP contribution in [0.2, 0.25) is 0 Å². The topological polar surface area (TPSA) is 86.0 Å². The van der Waals surface area contributed by atoms with Crippen LogP contribution in [0.15, 0.2) is 23.8 Å². The highest BCUT2D eigenvalue weighted by molar-refractivity contribution is 7.13. The number of aryl methyl sites for hydroxylation is 1. The van der Waals surface area contributed by atoms with Gasteiger partial charge in [-0.2, -0.15) is 0 Å². The maximum atomic E-state index is 14.5. The molecule has 5 rings (SSSR count). The molecule has 0 aromatic carbocycles. The zero-order valence-electron chi connectivity index (χ0n) is 14.4. The molecular weight excluding hydrogens is 371 g/mol. The SMILES string of the molecule is Cc1nccc(C(=O)N2[C@H]3COC[C@@H]2c2nnc(-c4nccs4)n2C3)c1F. The third-order valence-electron chi connectivity index (χ3n) is 4.94. The molecule has 27 heavy (non-hydrogen) atoms. The van der Waals surface area contributed by atoms with Crippen molar-refractivity contribution in [1.29, 1.82) is 0 Å². The fourth-order valence-electron chi connectivity index (χ4n) is 3.67. The van der Waals surface area contributed by atoms with Crippen LogP contribution in [0.3, 0.4) is 0 Å². The van der Waals surface area contributed by atoms with Gasteiger partial charge in [0.05, 0.1) is 30.5 Å². The predicted octanol–water partition coefficient (Wildman–Crippen LogP) is 1.84. The molecule has 5 heterocycles. The molecule has 1 saturated heterocycles. The van der Waals surface area contributed by atoms with E-state index < -0.39 is 11.9 Å². The Morgan fingerprint density at radius 1 is 1.30 bits per heavy atom. The van der Waals surface area contributed by atoms with E-state index in [-0.39, 0.29) is 23.2 Å². The van der Waals surface area contributed by atoms with Crippen molar-refractivity contribution in [2.24, 2.45) is 0 Å². The molecule has 2 aliphatic rings. The first-order chi connectivity index (χ1) is 13.1. The van der Waals surface area contributed by atoms with Crippen LogP contribution >= 0.6 is 11.3 Å². The highest BCUT2D eigenvalue weighted by Crippen LogP contribution is 2.36. The summed E-state index contributed by atoms with van der Waals surface area (Å²) < 4.78 is 22.2. The van der Waals surface area contributed by atoms with E-state index in [4.69, 9.17) is 4.74 Å². The van der Waals surface area contributed by atoms with Crippen molar-refractivity contribution in [2.45, 2.75) is 25.6 Å². The van der Waals surface area contributed by atoms with Crippen LogP contribution in [0.1, 0.15) is 27.9 Å². The van der Waals surface area contributed by atoms with Gasteiger partial charge in [-0.3, -0.25) is 9.78 Å². The van der Waals surface area contributed by atoms with E-state index in [0.29, 0.717) is 31.4 Å². The number of amides is 1. The molecule has 0 unspecified atom stereocenters. The number of thiazole rings is 1. The minimum atomic E-state index is -0.586. The third-order valence-corrected chi connectivity index (χ3v) is 5.71. The summed E-state index contributed by atoms with van der Waals surface area (Å²) in [6.07, 6.45) is 3.17. The Morgan fingerprint density at radius 3 is 3.00 bits per heavy atom. The van der Waals surface area contributed by atoms with Crippen LogP contribution in [0.4, 0.5) is 4.39 Å². The molecule has 0 N–H and O–H groups in total. The molecule has 10 heteroatoms. The molecule has 2 aliphatic heterocycles. The van der Waals surface area contributed by atoms with Crippen LogP contribution in [0, 0.1) is 12.7 Å². The number of pyridine rings is 1. The number of nitrogens with zero attached hydrogens (tertiary/aromatic N) is 6. The van der Waals surface area contributed by atoms with Crippen LogP contribution < -0.4 is 0 Å². The maximum absolute atomic E-state index is 14.5. The summed E-state index contributed by atoms with van der Waals surface area (Å²) in [5, 5.41) is 11.2. The number of halogens is 1. The molecule has 2 bridgehead atoms. The largest absolute Gasteiger partial charge is 0.377 e. The summed E-state index contributed by atoms with van der Waals surface area (Å²) in [5.74, 6) is 0.365. The Balaban J connectivity index is 1.57. The van der Waals surface area contributed by atoms with Crippen LogP contribution in [0.25, 0.3) is 10.8 Å². The lowest BCUT2D eigenvalue weighted by Gasteiger charge is -2.45. The molecule has 3 aromatic heterocycles. The Bertz CT molecular complexity index is 1020. The van der Waals surface area contributed by atoms with E-state index in [1.54, 1.807) is 18.0 Å². The van der Waals surface area contributed by atoms with E-state index in [2.05, 4.69) is 20.2 Å². The first-order valence-corrected chi connectivity index (χ1v) is 9.37. The number of hydrogen-bond acceptors (Lipinski definition) is 7. The number of rotatable bonds is 2. The average Bonchev–Trinajstić information content (AvgIpc) is 3.32.